The van der Waals surface area contributed by atoms with Crippen LogP contribution in [0.3, 0.4) is 0 Å². The summed E-state index contributed by atoms with van der Waals surface area (Å²) in [5.41, 5.74) is 1.13. The van der Waals surface area contributed by atoms with E-state index in [4.69, 9.17) is 13.9 Å². The number of hydrogen-bond donors (Lipinski definition) is 1. The number of carbonyl (C=O) groups is 2. The molecule has 7 nitrogen and oxygen atoms in total. The predicted octanol–water partition coefficient (Wildman–Crippen LogP) is 5.04. The van der Waals surface area contributed by atoms with Crippen LogP contribution in [0.1, 0.15) is 70.9 Å². The van der Waals surface area contributed by atoms with Gasteiger partial charge in [0.25, 0.3) is 0 Å². The van der Waals surface area contributed by atoms with Crippen LogP contribution in [0.4, 0.5) is 4.79 Å². The summed E-state index contributed by atoms with van der Waals surface area (Å²) < 4.78 is 16.1. The molecule has 31 heavy (non-hydrogen) atoms. The van der Waals surface area contributed by atoms with E-state index in [2.05, 4.69) is 12.2 Å². The van der Waals surface area contributed by atoms with Crippen LogP contribution < -0.4 is 15.7 Å². The quantitative estimate of drug-likeness (QED) is 0.259. The van der Waals surface area contributed by atoms with Crippen LogP contribution in [0.15, 0.2) is 27.4 Å². The van der Waals surface area contributed by atoms with Crippen molar-refractivity contribution in [3.05, 3.63) is 39.7 Å². The number of carbonyl (C=O) groups excluding carboxylic acids is 2. The molecule has 7 heteroatoms. The molecule has 0 unspecified atom stereocenters. The van der Waals surface area contributed by atoms with E-state index in [9.17, 15) is 14.4 Å². The summed E-state index contributed by atoms with van der Waals surface area (Å²) in [5.74, 6) is 0.0653. The number of fused-ring (bicyclic) bond motifs is 1. The predicted molar refractivity (Wildman–Crippen MR) is 120 cm³/mol. The van der Waals surface area contributed by atoms with Crippen LogP contribution >= 0.6 is 0 Å². The Bertz CT molecular complexity index is 970. The average molecular weight is 432 g/mol. The molecule has 1 heterocycles. The van der Waals surface area contributed by atoms with E-state index in [0.717, 1.165) is 36.6 Å². The molecule has 1 aromatic carbocycles. The van der Waals surface area contributed by atoms with Crippen molar-refractivity contribution in [1.29, 1.82) is 0 Å². The van der Waals surface area contributed by atoms with E-state index in [0.29, 0.717) is 29.9 Å². The first-order chi connectivity index (χ1) is 14.6. The molecular formula is C24H33NO6. The van der Waals surface area contributed by atoms with Gasteiger partial charge in [-0.05, 0) is 64.7 Å². The molecule has 0 radical (unpaired) electrons. The summed E-state index contributed by atoms with van der Waals surface area (Å²) in [7, 11) is 0. The largest absolute Gasteiger partial charge is 0.444 e. The van der Waals surface area contributed by atoms with Gasteiger partial charge in [-0.3, -0.25) is 4.79 Å². The first kappa shape index (κ1) is 24.4. The number of unbranched alkanes of at least 4 members (excludes halogenated alkanes) is 2. The van der Waals surface area contributed by atoms with Gasteiger partial charge in [0, 0.05) is 30.0 Å². The number of hydrogen-bond acceptors (Lipinski definition) is 6. The summed E-state index contributed by atoms with van der Waals surface area (Å²) in [6.07, 6.45) is 3.70. The summed E-state index contributed by atoms with van der Waals surface area (Å²) in [4.78, 5) is 35.7. The summed E-state index contributed by atoms with van der Waals surface area (Å²) in [6, 6.07) is 5.11. The molecular weight excluding hydrogens is 398 g/mol. The second-order valence-electron chi connectivity index (χ2n) is 8.62. The highest BCUT2D eigenvalue weighted by Crippen LogP contribution is 2.29. The lowest BCUT2D eigenvalue weighted by Crippen LogP contribution is -2.33. The number of ether oxygens (including phenoxy) is 2. The number of esters is 1. The first-order valence-corrected chi connectivity index (χ1v) is 10.8. The van der Waals surface area contributed by atoms with Crippen molar-refractivity contribution in [2.24, 2.45) is 0 Å². The van der Waals surface area contributed by atoms with Crippen molar-refractivity contribution < 1.29 is 23.5 Å². The number of alkyl carbamates (subject to hydrolysis) is 1. The minimum atomic E-state index is -0.519. The molecule has 0 spiro atoms. The van der Waals surface area contributed by atoms with Gasteiger partial charge in [-0.25, -0.2) is 9.59 Å². The molecule has 0 fully saturated rings. The van der Waals surface area contributed by atoms with Crippen LogP contribution in [0.5, 0.6) is 5.75 Å². The Hall–Kier alpha value is -2.83. The van der Waals surface area contributed by atoms with Crippen molar-refractivity contribution >= 4 is 23.0 Å². The highest BCUT2D eigenvalue weighted by Gasteiger charge is 2.16. The molecule has 0 aliphatic rings. The maximum Gasteiger partial charge on any atom is 0.407 e. The molecule has 0 bridgehead atoms. The minimum absolute atomic E-state index is 0.268. The maximum absolute atomic E-state index is 12.2. The van der Waals surface area contributed by atoms with Crippen LogP contribution in [-0.4, -0.2) is 24.2 Å². The Labute approximate surface area is 183 Å². The normalized spacial score (nSPS) is 11.4. The highest BCUT2D eigenvalue weighted by molar-refractivity contribution is 5.86. The molecule has 1 N–H and O–H groups in total. The third-order valence-electron chi connectivity index (χ3n) is 4.67. The van der Waals surface area contributed by atoms with Crippen molar-refractivity contribution in [1.82, 2.24) is 5.32 Å². The molecule has 0 aliphatic heterocycles. The molecule has 0 saturated heterocycles. The zero-order valence-electron chi connectivity index (χ0n) is 19.1. The second kappa shape index (κ2) is 11.0. The Kier molecular flexibility index (Phi) is 8.65. The zero-order chi connectivity index (χ0) is 23.0. The van der Waals surface area contributed by atoms with Gasteiger partial charge in [0.05, 0.1) is 0 Å². The summed E-state index contributed by atoms with van der Waals surface area (Å²) in [5, 5.41) is 3.57. The fraction of sp³-hybridized carbons (Fsp3) is 0.542. The summed E-state index contributed by atoms with van der Waals surface area (Å²) >= 11 is 0. The summed E-state index contributed by atoms with van der Waals surface area (Å²) in [6.45, 7) is 9.77. The van der Waals surface area contributed by atoms with Gasteiger partial charge in [-0.1, -0.05) is 19.8 Å². The van der Waals surface area contributed by atoms with Gasteiger partial charge in [-0.15, -0.1) is 0 Å². The van der Waals surface area contributed by atoms with E-state index < -0.39 is 17.3 Å². The monoisotopic (exact) mass is 431 g/mol. The Balaban J connectivity index is 1.84. The minimum Gasteiger partial charge on any atom is -0.444 e. The molecule has 0 saturated carbocycles. The molecule has 170 valence electrons. The lowest BCUT2D eigenvalue weighted by Gasteiger charge is -2.19. The van der Waals surface area contributed by atoms with Crippen molar-refractivity contribution in [3.63, 3.8) is 0 Å². The molecule has 1 aromatic heterocycles. The van der Waals surface area contributed by atoms with E-state index in [1.54, 1.807) is 13.0 Å². The van der Waals surface area contributed by atoms with Crippen LogP contribution in [0.25, 0.3) is 11.0 Å². The smallest absolute Gasteiger partial charge is 0.407 e. The number of benzene rings is 1. The Morgan fingerprint density at radius 1 is 1.13 bits per heavy atom. The van der Waals surface area contributed by atoms with E-state index >= 15 is 0 Å². The van der Waals surface area contributed by atoms with Gasteiger partial charge >= 0.3 is 17.7 Å². The second-order valence-corrected chi connectivity index (χ2v) is 8.62. The Morgan fingerprint density at radius 2 is 1.87 bits per heavy atom. The lowest BCUT2D eigenvalue weighted by molar-refractivity contribution is -0.134. The number of rotatable bonds is 9. The van der Waals surface area contributed by atoms with Crippen molar-refractivity contribution in [2.75, 3.05) is 6.54 Å². The maximum atomic E-state index is 12.2. The van der Waals surface area contributed by atoms with Crippen LogP contribution in [0, 0.1) is 6.92 Å². The SMILES string of the molecule is CCCc1cc(=O)oc2c(C)c(OC(=O)CCCCCNC(=O)OC(C)(C)C)ccc12. The van der Waals surface area contributed by atoms with Gasteiger partial charge in [-0.2, -0.15) is 0 Å². The van der Waals surface area contributed by atoms with Gasteiger partial charge in [0.2, 0.25) is 0 Å². The third-order valence-corrected chi connectivity index (χ3v) is 4.67. The fourth-order valence-corrected chi connectivity index (χ4v) is 3.24. The van der Waals surface area contributed by atoms with E-state index in [-0.39, 0.29) is 12.4 Å². The first-order valence-electron chi connectivity index (χ1n) is 10.8. The number of aryl methyl sites for hydroxylation is 2. The zero-order valence-corrected chi connectivity index (χ0v) is 19.1. The lowest BCUT2D eigenvalue weighted by atomic mass is 10.0. The molecule has 2 aromatic rings. The van der Waals surface area contributed by atoms with Crippen LogP contribution in [0.2, 0.25) is 0 Å². The molecule has 2 rings (SSSR count). The van der Waals surface area contributed by atoms with E-state index in [1.807, 2.05) is 26.8 Å². The number of amides is 1. The van der Waals surface area contributed by atoms with Crippen molar-refractivity contribution in [3.8, 4) is 5.75 Å². The number of nitrogens with one attached hydrogen (secondary N) is 1. The molecule has 0 aliphatic carbocycles. The topological polar surface area (TPSA) is 94.8 Å². The van der Waals surface area contributed by atoms with E-state index in [1.165, 1.54) is 6.07 Å². The van der Waals surface area contributed by atoms with Gasteiger partial charge in [0.1, 0.15) is 16.9 Å². The van der Waals surface area contributed by atoms with Crippen molar-refractivity contribution in [2.45, 2.75) is 78.7 Å². The molecule has 1 amide bonds. The highest BCUT2D eigenvalue weighted by atomic mass is 16.6. The van der Waals surface area contributed by atoms with Gasteiger partial charge in [0.15, 0.2) is 0 Å². The standard InChI is InChI=1S/C24H33NO6/c1-6-10-17-15-21(27)30-22-16(2)19(13-12-18(17)22)29-20(26)11-8-7-9-14-25-23(28)31-24(3,4)5/h12-13,15H,6-11,14H2,1-5H3,(H,25,28). The Morgan fingerprint density at radius 3 is 2.55 bits per heavy atom. The van der Waals surface area contributed by atoms with Crippen LogP contribution in [-0.2, 0) is 16.0 Å². The third kappa shape index (κ3) is 7.74. The van der Waals surface area contributed by atoms with Gasteiger partial charge < -0.3 is 19.2 Å². The fourth-order valence-electron chi connectivity index (χ4n) is 3.24. The molecule has 0 atom stereocenters. The average Bonchev–Trinajstić information content (AvgIpc) is 2.66.